The van der Waals surface area contributed by atoms with E-state index >= 15 is 0 Å². The molecule has 0 spiro atoms. The van der Waals surface area contributed by atoms with Crippen molar-refractivity contribution < 1.29 is 0 Å². The molecule has 0 nitrogen and oxygen atoms in total. The molecule has 0 aromatic carbocycles. The maximum absolute atomic E-state index is 5.36. The van der Waals surface area contributed by atoms with Crippen LogP contribution >= 0.6 is 0 Å². The molecule has 0 aromatic heterocycles. The average Bonchev–Trinajstić information content (AvgIpc) is 1.98. The van der Waals surface area contributed by atoms with Crippen LogP contribution in [0.1, 0.15) is 26.7 Å². The van der Waals surface area contributed by atoms with Crippen LogP contribution < -0.4 is 0 Å². The molecule has 0 atom stereocenters. The normalized spacial score (nSPS) is 10.3. The number of rotatable bonds is 2. The summed E-state index contributed by atoms with van der Waals surface area (Å²) in [6.07, 6.45) is 7.54. The lowest BCUT2D eigenvalue weighted by Crippen LogP contribution is -2.20. The SMILES string of the molecule is C#C[Si](C)(C)C#CCCC(C)C. The maximum atomic E-state index is 5.36. The van der Waals surface area contributed by atoms with Crippen LogP contribution in [0.4, 0.5) is 0 Å². The van der Waals surface area contributed by atoms with E-state index in [1.54, 1.807) is 0 Å². The predicted molar refractivity (Wildman–Crippen MR) is 58.2 cm³/mol. The van der Waals surface area contributed by atoms with Crippen LogP contribution in [0.15, 0.2) is 0 Å². The molecule has 0 amide bonds. The fourth-order valence-corrected chi connectivity index (χ4v) is 1.32. The molecule has 0 aliphatic carbocycles. The summed E-state index contributed by atoms with van der Waals surface area (Å²) in [4.78, 5) is 0. The minimum absolute atomic E-state index is 0.745. The summed E-state index contributed by atoms with van der Waals surface area (Å²) in [7, 11) is -1.58. The fraction of sp³-hybridized carbons (Fsp3) is 0.636. The van der Waals surface area contributed by atoms with E-state index in [1.165, 1.54) is 6.42 Å². The smallest absolute Gasteiger partial charge is 0.126 e. The van der Waals surface area contributed by atoms with Gasteiger partial charge in [0.05, 0.1) is 0 Å². The Morgan fingerprint density at radius 2 is 1.92 bits per heavy atom. The zero-order valence-electron chi connectivity index (χ0n) is 8.57. The second kappa shape index (κ2) is 5.07. The third-order valence-electron chi connectivity index (χ3n) is 1.61. The highest BCUT2D eigenvalue weighted by Gasteiger charge is 2.12. The van der Waals surface area contributed by atoms with Gasteiger partial charge in [-0.3, -0.25) is 0 Å². The van der Waals surface area contributed by atoms with Gasteiger partial charge in [0, 0.05) is 6.42 Å². The van der Waals surface area contributed by atoms with Gasteiger partial charge in [0.1, 0.15) is 0 Å². The second-order valence-corrected chi connectivity index (χ2v) is 7.79. The molecule has 0 unspecified atom stereocenters. The van der Waals surface area contributed by atoms with Crippen LogP contribution in [0.3, 0.4) is 0 Å². The van der Waals surface area contributed by atoms with Gasteiger partial charge < -0.3 is 0 Å². The van der Waals surface area contributed by atoms with Crippen LogP contribution in [0, 0.1) is 29.3 Å². The van der Waals surface area contributed by atoms with Crippen LogP contribution in [-0.4, -0.2) is 8.07 Å². The van der Waals surface area contributed by atoms with Crippen molar-refractivity contribution in [2.45, 2.75) is 39.8 Å². The first-order valence-corrected chi connectivity index (χ1v) is 7.46. The summed E-state index contributed by atoms with van der Waals surface area (Å²) >= 11 is 0. The van der Waals surface area contributed by atoms with Crippen molar-refractivity contribution in [3.63, 3.8) is 0 Å². The lowest BCUT2D eigenvalue weighted by atomic mass is 10.1. The van der Waals surface area contributed by atoms with Gasteiger partial charge in [0.25, 0.3) is 0 Å². The Hall–Kier alpha value is -0.663. The summed E-state index contributed by atoms with van der Waals surface area (Å²) in [6.45, 7) is 8.64. The highest BCUT2D eigenvalue weighted by Crippen LogP contribution is 2.02. The molecule has 0 bridgehead atoms. The van der Waals surface area contributed by atoms with Gasteiger partial charge in [0.2, 0.25) is 8.07 Å². The van der Waals surface area contributed by atoms with Crippen LogP contribution in [0.2, 0.25) is 13.1 Å². The van der Waals surface area contributed by atoms with E-state index in [1.807, 2.05) is 0 Å². The Kier molecular flexibility index (Phi) is 4.79. The van der Waals surface area contributed by atoms with Gasteiger partial charge in [-0.05, 0) is 25.4 Å². The minimum atomic E-state index is -1.58. The molecule has 0 saturated heterocycles. The topological polar surface area (TPSA) is 0 Å². The van der Waals surface area contributed by atoms with Gasteiger partial charge in [-0.2, -0.15) is 0 Å². The van der Waals surface area contributed by atoms with E-state index < -0.39 is 8.07 Å². The zero-order valence-corrected chi connectivity index (χ0v) is 9.57. The molecule has 12 heavy (non-hydrogen) atoms. The molecule has 66 valence electrons. The predicted octanol–water partition coefficient (Wildman–Crippen LogP) is 2.85. The molecule has 0 fully saturated rings. The average molecular weight is 178 g/mol. The van der Waals surface area contributed by atoms with E-state index in [2.05, 4.69) is 43.9 Å². The number of terminal acetylenes is 1. The van der Waals surface area contributed by atoms with Crippen molar-refractivity contribution in [3.8, 4) is 23.4 Å². The molecule has 0 N–H and O–H groups in total. The third kappa shape index (κ3) is 6.07. The fourth-order valence-electron chi connectivity index (χ4n) is 0.680. The minimum Gasteiger partial charge on any atom is -0.126 e. The highest BCUT2D eigenvalue weighted by atomic mass is 28.3. The van der Waals surface area contributed by atoms with Crippen LogP contribution in [0.5, 0.6) is 0 Å². The molecule has 0 rings (SSSR count). The van der Waals surface area contributed by atoms with Gasteiger partial charge in [-0.15, -0.1) is 23.4 Å². The molecule has 0 aliphatic heterocycles. The van der Waals surface area contributed by atoms with E-state index in [9.17, 15) is 0 Å². The largest absolute Gasteiger partial charge is 0.210 e. The Morgan fingerprint density at radius 1 is 1.33 bits per heavy atom. The molecule has 0 radical (unpaired) electrons. The molecule has 0 saturated carbocycles. The molecule has 0 heterocycles. The van der Waals surface area contributed by atoms with E-state index in [4.69, 9.17) is 6.42 Å². The van der Waals surface area contributed by atoms with Crippen molar-refractivity contribution in [2.24, 2.45) is 5.92 Å². The highest BCUT2D eigenvalue weighted by molar-refractivity contribution is 6.92. The second-order valence-electron chi connectivity index (χ2n) is 4.00. The summed E-state index contributed by atoms with van der Waals surface area (Å²) in [5, 5.41) is 0. The monoisotopic (exact) mass is 178 g/mol. The lowest BCUT2D eigenvalue weighted by Gasteiger charge is -2.03. The summed E-state index contributed by atoms with van der Waals surface area (Å²) < 4.78 is 0. The summed E-state index contributed by atoms with van der Waals surface area (Å²) in [6, 6.07) is 0. The van der Waals surface area contributed by atoms with Crippen LogP contribution in [-0.2, 0) is 0 Å². The molecule has 0 aliphatic rings. The maximum Gasteiger partial charge on any atom is 0.210 e. The summed E-state index contributed by atoms with van der Waals surface area (Å²) in [5.74, 6) is 3.92. The Bertz CT molecular complexity index is 220. The summed E-state index contributed by atoms with van der Waals surface area (Å²) in [5.41, 5.74) is 6.01. The number of hydrogen-bond acceptors (Lipinski definition) is 0. The Morgan fingerprint density at radius 3 is 2.33 bits per heavy atom. The molecule has 0 aromatic rings. The van der Waals surface area contributed by atoms with Gasteiger partial charge in [-0.1, -0.05) is 13.8 Å². The first kappa shape index (κ1) is 11.3. The van der Waals surface area contributed by atoms with Crippen molar-refractivity contribution in [3.05, 3.63) is 0 Å². The third-order valence-corrected chi connectivity index (χ3v) is 3.13. The van der Waals surface area contributed by atoms with Crippen molar-refractivity contribution >= 4 is 8.07 Å². The van der Waals surface area contributed by atoms with Crippen molar-refractivity contribution in [1.29, 1.82) is 0 Å². The lowest BCUT2D eigenvalue weighted by molar-refractivity contribution is 0.600. The first-order valence-electron chi connectivity index (χ1n) is 4.46. The molecular formula is C11H18Si. The number of hydrogen-bond donors (Lipinski definition) is 0. The Balaban J connectivity index is 3.83. The zero-order chi connectivity index (χ0) is 9.61. The van der Waals surface area contributed by atoms with Crippen LogP contribution in [0.25, 0.3) is 0 Å². The standard InChI is InChI=1S/C11H18Si/c1-6-12(4,5)10-8-7-9-11(2)3/h1,11H,7,9H2,2-5H3. The molecular weight excluding hydrogens is 160 g/mol. The van der Waals surface area contributed by atoms with Gasteiger partial charge >= 0.3 is 0 Å². The quantitative estimate of drug-likeness (QED) is 0.450. The van der Waals surface area contributed by atoms with E-state index in [0.717, 1.165) is 12.3 Å². The van der Waals surface area contributed by atoms with E-state index in [0.29, 0.717) is 0 Å². The first-order chi connectivity index (χ1) is 5.48. The van der Waals surface area contributed by atoms with Crippen molar-refractivity contribution in [1.82, 2.24) is 0 Å². The molecule has 1 heteroatoms. The van der Waals surface area contributed by atoms with Crippen molar-refractivity contribution in [2.75, 3.05) is 0 Å². The van der Waals surface area contributed by atoms with Gasteiger partial charge in [0.15, 0.2) is 0 Å². The van der Waals surface area contributed by atoms with Gasteiger partial charge in [-0.25, -0.2) is 0 Å². The van der Waals surface area contributed by atoms with E-state index in [-0.39, 0.29) is 0 Å². The Labute approximate surface area is 77.8 Å².